The van der Waals surface area contributed by atoms with Crippen LogP contribution in [0.3, 0.4) is 0 Å². The number of hydrogen-bond donors (Lipinski definition) is 1. The third kappa shape index (κ3) is 5.73. The number of ether oxygens (including phenoxy) is 2. The van der Waals surface area contributed by atoms with Crippen molar-refractivity contribution in [2.24, 2.45) is 5.10 Å². The van der Waals surface area contributed by atoms with Crippen LogP contribution < -0.4 is 10.2 Å². The topological polar surface area (TPSA) is 72.8 Å². The summed E-state index contributed by atoms with van der Waals surface area (Å²) in [5.74, 6) is 0.118. The van der Waals surface area contributed by atoms with Gasteiger partial charge < -0.3 is 9.47 Å². The van der Waals surface area contributed by atoms with Gasteiger partial charge in [-0.05, 0) is 51.8 Å². The predicted octanol–water partition coefficient (Wildman–Crippen LogP) is 3.86. The minimum Gasteiger partial charge on any atom is -0.481 e. The first-order chi connectivity index (χ1) is 12.3. The number of pyridine rings is 1. The van der Waals surface area contributed by atoms with Gasteiger partial charge >= 0.3 is 12.1 Å². The lowest BCUT2D eigenvalue weighted by Crippen LogP contribution is -2.12. The molecule has 0 bridgehead atoms. The fraction of sp³-hybridized carbons (Fsp3) is 0.188. The van der Waals surface area contributed by atoms with Crippen LogP contribution >= 0.6 is 15.9 Å². The van der Waals surface area contributed by atoms with E-state index in [1.807, 2.05) is 0 Å². The van der Waals surface area contributed by atoms with E-state index in [0.717, 1.165) is 12.3 Å². The fourth-order valence-corrected chi connectivity index (χ4v) is 2.22. The largest absolute Gasteiger partial charge is 0.481 e. The molecule has 0 aliphatic rings. The Morgan fingerprint density at radius 2 is 2.12 bits per heavy atom. The molecular weight excluding hydrogens is 419 g/mol. The first-order valence-corrected chi connectivity index (χ1v) is 7.90. The molecule has 0 aliphatic heterocycles. The summed E-state index contributed by atoms with van der Waals surface area (Å²) in [5.41, 5.74) is 2.38. The van der Waals surface area contributed by atoms with E-state index >= 15 is 0 Å². The predicted molar refractivity (Wildman–Crippen MR) is 92.1 cm³/mol. The molecule has 1 aromatic carbocycles. The summed E-state index contributed by atoms with van der Waals surface area (Å²) in [5, 5.41) is 3.91. The Morgan fingerprint density at radius 3 is 2.69 bits per heavy atom. The summed E-state index contributed by atoms with van der Waals surface area (Å²) in [6.45, 7) is -0.219. The standard InChI is InChI=1S/C16H13BrF3N3O3/c1-25-15(24)9-26-13-4-2-10(6-12(13)17)7-22-23-14-5-3-11(8-21-14)16(18,19)20/h2-8H,9H2,1H3,(H,21,23)/b22-7-. The third-order valence-corrected chi connectivity index (χ3v) is 3.63. The highest BCUT2D eigenvalue weighted by atomic mass is 79.9. The average Bonchev–Trinajstić information content (AvgIpc) is 2.60. The SMILES string of the molecule is COC(=O)COc1ccc(/C=N\Nc2ccc(C(F)(F)F)cn2)cc1Br. The van der Waals surface area contributed by atoms with Gasteiger partial charge in [0.2, 0.25) is 0 Å². The Bertz CT molecular complexity index is 796. The Kier molecular flexibility index (Phi) is 6.56. The van der Waals surface area contributed by atoms with Gasteiger partial charge in [-0.3, -0.25) is 5.43 Å². The summed E-state index contributed by atoms with van der Waals surface area (Å²) < 4.78 is 47.7. The second-order valence-electron chi connectivity index (χ2n) is 4.85. The van der Waals surface area contributed by atoms with Crippen molar-refractivity contribution in [2.45, 2.75) is 6.18 Å². The van der Waals surface area contributed by atoms with Gasteiger partial charge in [-0.15, -0.1) is 0 Å². The average molecular weight is 432 g/mol. The summed E-state index contributed by atoms with van der Waals surface area (Å²) in [6, 6.07) is 7.10. The number of anilines is 1. The molecule has 0 amide bonds. The Balaban J connectivity index is 1.96. The van der Waals surface area contributed by atoms with Crippen LogP contribution in [-0.4, -0.2) is 30.9 Å². The van der Waals surface area contributed by atoms with Crippen LogP contribution in [0.25, 0.3) is 0 Å². The van der Waals surface area contributed by atoms with Gasteiger partial charge in [-0.25, -0.2) is 9.78 Å². The highest BCUT2D eigenvalue weighted by molar-refractivity contribution is 9.10. The van der Waals surface area contributed by atoms with Crippen molar-refractivity contribution in [3.8, 4) is 5.75 Å². The minimum atomic E-state index is -4.43. The summed E-state index contributed by atoms with van der Waals surface area (Å²) in [6.07, 6.45) is -2.26. The number of nitrogens with zero attached hydrogens (tertiary/aromatic N) is 2. The molecule has 0 aliphatic carbocycles. The van der Waals surface area contributed by atoms with Gasteiger partial charge in [-0.1, -0.05) is 0 Å². The first-order valence-electron chi connectivity index (χ1n) is 7.11. The number of rotatable bonds is 6. The number of aromatic nitrogens is 1. The summed E-state index contributed by atoms with van der Waals surface area (Å²) >= 11 is 3.30. The van der Waals surface area contributed by atoms with Crippen LogP contribution in [0, 0.1) is 0 Å². The number of carbonyl (C=O) groups excluding carboxylic acids is 1. The fourth-order valence-electron chi connectivity index (χ4n) is 1.71. The van der Waals surface area contributed by atoms with Crippen molar-refractivity contribution in [3.63, 3.8) is 0 Å². The zero-order valence-electron chi connectivity index (χ0n) is 13.4. The smallest absolute Gasteiger partial charge is 0.417 e. The quantitative estimate of drug-likeness (QED) is 0.427. The van der Waals surface area contributed by atoms with Crippen molar-refractivity contribution < 1.29 is 27.4 Å². The van der Waals surface area contributed by atoms with E-state index in [-0.39, 0.29) is 12.4 Å². The van der Waals surface area contributed by atoms with Crippen LogP contribution in [0.1, 0.15) is 11.1 Å². The molecule has 10 heteroatoms. The molecule has 6 nitrogen and oxygen atoms in total. The van der Waals surface area contributed by atoms with Crippen LogP contribution in [0.2, 0.25) is 0 Å². The molecule has 0 saturated carbocycles. The van der Waals surface area contributed by atoms with Crippen molar-refractivity contribution in [3.05, 3.63) is 52.1 Å². The van der Waals surface area contributed by atoms with E-state index in [4.69, 9.17) is 4.74 Å². The lowest BCUT2D eigenvalue weighted by Gasteiger charge is -2.07. The molecule has 1 heterocycles. The number of methoxy groups -OCH3 is 1. The number of benzene rings is 1. The molecule has 0 saturated heterocycles. The number of hydrazone groups is 1. The summed E-state index contributed by atoms with van der Waals surface area (Å²) in [4.78, 5) is 14.7. The first kappa shape index (κ1) is 19.7. The van der Waals surface area contributed by atoms with E-state index in [2.05, 4.69) is 36.2 Å². The highest BCUT2D eigenvalue weighted by Crippen LogP contribution is 2.29. The van der Waals surface area contributed by atoms with Gasteiger partial charge in [0.15, 0.2) is 6.61 Å². The van der Waals surface area contributed by atoms with E-state index in [1.165, 1.54) is 19.4 Å². The van der Waals surface area contributed by atoms with E-state index in [9.17, 15) is 18.0 Å². The zero-order valence-corrected chi connectivity index (χ0v) is 15.0. The minimum absolute atomic E-state index is 0.173. The molecule has 1 aromatic heterocycles. The molecule has 0 atom stereocenters. The molecule has 2 aromatic rings. The molecule has 0 spiro atoms. The number of hydrogen-bond acceptors (Lipinski definition) is 6. The van der Waals surface area contributed by atoms with Crippen LogP contribution in [-0.2, 0) is 15.7 Å². The monoisotopic (exact) mass is 431 g/mol. The van der Waals surface area contributed by atoms with Crippen LogP contribution in [0.15, 0.2) is 46.1 Å². The normalized spacial score (nSPS) is 11.4. The van der Waals surface area contributed by atoms with E-state index in [1.54, 1.807) is 18.2 Å². The van der Waals surface area contributed by atoms with Gasteiger partial charge in [0.05, 0.1) is 23.4 Å². The third-order valence-electron chi connectivity index (χ3n) is 3.01. The van der Waals surface area contributed by atoms with Crippen molar-refractivity contribution >= 4 is 33.9 Å². The Morgan fingerprint density at radius 1 is 1.35 bits per heavy atom. The number of alkyl halides is 3. The van der Waals surface area contributed by atoms with Crippen molar-refractivity contribution in [1.82, 2.24) is 4.98 Å². The van der Waals surface area contributed by atoms with Gasteiger partial charge in [0.25, 0.3) is 0 Å². The van der Waals surface area contributed by atoms with Crippen molar-refractivity contribution in [2.75, 3.05) is 19.1 Å². The molecule has 0 unspecified atom stereocenters. The molecule has 0 fully saturated rings. The number of esters is 1. The number of halogens is 4. The van der Waals surface area contributed by atoms with E-state index < -0.39 is 17.7 Å². The molecule has 0 radical (unpaired) electrons. The van der Waals surface area contributed by atoms with Gasteiger partial charge in [0.1, 0.15) is 11.6 Å². The maximum absolute atomic E-state index is 12.5. The zero-order chi connectivity index (χ0) is 19.2. The molecular formula is C16H13BrF3N3O3. The van der Waals surface area contributed by atoms with Gasteiger partial charge in [-0.2, -0.15) is 18.3 Å². The molecule has 138 valence electrons. The maximum atomic E-state index is 12.5. The van der Waals surface area contributed by atoms with Gasteiger partial charge in [0, 0.05) is 6.20 Å². The maximum Gasteiger partial charge on any atom is 0.417 e. The Hall–Kier alpha value is -2.62. The summed E-state index contributed by atoms with van der Waals surface area (Å²) in [7, 11) is 1.26. The molecule has 1 N–H and O–H groups in total. The molecule has 2 rings (SSSR count). The highest BCUT2D eigenvalue weighted by Gasteiger charge is 2.30. The van der Waals surface area contributed by atoms with Crippen LogP contribution in [0.4, 0.5) is 19.0 Å². The van der Waals surface area contributed by atoms with Crippen molar-refractivity contribution in [1.29, 1.82) is 0 Å². The second kappa shape index (κ2) is 8.65. The Labute approximate surface area is 155 Å². The lowest BCUT2D eigenvalue weighted by molar-refractivity contribution is -0.143. The second-order valence-corrected chi connectivity index (χ2v) is 5.71. The lowest BCUT2D eigenvalue weighted by atomic mass is 10.2. The van der Waals surface area contributed by atoms with Crippen LogP contribution in [0.5, 0.6) is 5.75 Å². The number of carbonyl (C=O) groups is 1. The number of nitrogens with one attached hydrogen (secondary N) is 1. The van der Waals surface area contributed by atoms with E-state index in [0.29, 0.717) is 15.8 Å². The molecule has 26 heavy (non-hydrogen) atoms.